The summed E-state index contributed by atoms with van der Waals surface area (Å²) in [6.45, 7) is 0. The number of nitrogen functional groups attached to an aromatic ring is 1. The van der Waals surface area contributed by atoms with E-state index in [0.717, 1.165) is 6.07 Å². The molecule has 0 amide bonds. The Bertz CT molecular complexity index is 338. The lowest BCUT2D eigenvalue weighted by Crippen LogP contribution is -2.28. The largest absolute Gasteiger partial charge is 0.407 e. The van der Waals surface area contributed by atoms with E-state index < -0.39 is 12.2 Å². The van der Waals surface area contributed by atoms with Gasteiger partial charge in [-0.15, -0.1) is 0 Å². The molecule has 2 nitrogen and oxygen atoms in total. The summed E-state index contributed by atoms with van der Waals surface area (Å²) < 4.78 is 36.5. The third-order valence-corrected chi connectivity index (χ3v) is 2.08. The molecule has 0 fully saturated rings. The smallest absolute Gasteiger partial charge is 0.398 e. The molecule has 0 aliphatic heterocycles. The summed E-state index contributed by atoms with van der Waals surface area (Å²) in [7, 11) is 0. The molecule has 4 N–H and O–H groups in total. The Morgan fingerprint density at radius 2 is 1.86 bits per heavy atom. The fraction of sp³-hybridized carbons (Fsp3) is 0.250. The van der Waals surface area contributed by atoms with Crippen LogP contribution in [0, 0.1) is 0 Å². The molecule has 1 atom stereocenters. The minimum Gasteiger partial charge on any atom is -0.398 e. The first kappa shape index (κ1) is 11.1. The number of benzene rings is 1. The minimum atomic E-state index is -4.47. The van der Waals surface area contributed by atoms with Crippen LogP contribution in [0.4, 0.5) is 18.9 Å². The van der Waals surface area contributed by atoms with E-state index in [1.165, 1.54) is 12.1 Å². The van der Waals surface area contributed by atoms with Gasteiger partial charge in [-0.25, -0.2) is 0 Å². The van der Waals surface area contributed by atoms with Crippen molar-refractivity contribution in [2.45, 2.75) is 12.2 Å². The van der Waals surface area contributed by atoms with Gasteiger partial charge in [-0.05, 0) is 17.7 Å². The first-order chi connectivity index (χ1) is 6.32. The zero-order valence-electron chi connectivity index (χ0n) is 6.98. The lowest BCUT2D eigenvalue weighted by molar-refractivity contribution is -0.149. The second kappa shape index (κ2) is 3.67. The third-order valence-electron chi connectivity index (χ3n) is 1.73. The van der Waals surface area contributed by atoms with Crippen molar-refractivity contribution in [3.8, 4) is 0 Å². The Morgan fingerprint density at radius 1 is 1.29 bits per heavy atom. The van der Waals surface area contributed by atoms with Crippen molar-refractivity contribution in [3.05, 3.63) is 28.8 Å². The molecule has 0 unspecified atom stereocenters. The van der Waals surface area contributed by atoms with Gasteiger partial charge in [0, 0.05) is 0 Å². The summed E-state index contributed by atoms with van der Waals surface area (Å²) in [5.74, 6) is 0. The van der Waals surface area contributed by atoms with E-state index in [2.05, 4.69) is 0 Å². The SMILES string of the molecule is Nc1cc([C@H](N)C(F)(F)F)ccc1Cl. The monoisotopic (exact) mass is 224 g/mol. The van der Waals surface area contributed by atoms with Crippen molar-refractivity contribution in [1.82, 2.24) is 0 Å². The first-order valence-corrected chi connectivity index (χ1v) is 4.07. The molecule has 0 heterocycles. The highest BCUT2D eigenvalue weighted by molar-refractivity contribution is 6.33. The molecule has 1 aromatic carbocycles. The van der Waals surface area contributed by atoms with Crippen molar-refractivity contribution in [2.75, 3.05) is 5.73 Å². The van der Waals surface area contributed by atoms with Gasteiger partial charge in [0.2, 0.25) is 0 Å². The van der Waals surface area contributed by atoms with Crippen molar-refractivity contribution >= 4 is 17.3 Å². The number of rotatable bonds is 1. The van der Waals surface area contributed by atoms with Gasteiger partial charge in [0.05, 0.1) is 10.7 Å². The quantitative estimate of drug-likeness (QED) is 0.720. The number of alkyl halides is 3. The molecule has 0 aromatic heterocycles. The van der Waals surface area contributed by atoms with Crippen LogP contribution >= 0.6 is 11.6 Å². The zero-order valence-corrected chi connectivity index (χ0v) is 7.73. The van der Waals surface area contributed by atoms with Gasteiger partial charge in [-0.3, -0.25) is 0 Å². The highest BCUT2D eigenvalue weighted by atomic mass is 35.5. The Morgan fingerprint density at radius 3 is 2.29 bits per heavy atom. The van der Waals surface area contributed by atoms with Gasteiger partial charge in [0.25, 0.3) is 0 Å². The van der Waals surface area contributed by atoms with Crippen molar-refractivity contribution in [3.63, 3.8) is 0 Å². The van der Waals surface area contributed by atoms with E-state index in [4.69, 9.17) is 23.1 Å². The molecule has 0 aliphatic rings. The molecule has 0 spiro atoms. The van der Waals surface area contributed by atoms with Gasteiger partial charge in [-0.1, -0.05) is 17.7 Å². The molecule has 1 aromatic rings. The number of halogens is 4. The normalized spacial score (nSPS) is 14.1. The molecule has 0 bridgehead atoms. The molecular weight excluding hydrogens is 217 g/mol. The van der Waals surface area contributed by atoms with Gasteiger partial charge >= 0.3 is 6.18 Å². The average molecular weight is 225 g/mol. The summed E-state index contributed by atoms with van der Waals surface area (Å²) >= 11 is 5.55. The predicted molar refractivity (Wildman–Crippen MR) is 48.8 cm³/mol. The molecule has 1 rings (SSSR count). The molecule has 6 heteroatoms. The van der Waals surface area contributed by atoms with Crippen LogP contribution in [0.25, 0.3) is 0 Å². The van der Waals surface area contributed by atoms with Gasteiger partial charge in [0.1, 0.15) is 6.04 Å². The third kappa shape index (κ3) is 2.30. The predicted octanol–water partition coefficient (Wildman–Crippen LogP) is 2.48. The molecular formula is C8H8ClF3N2. The number of hydrogen-bond donors (Lipinski definition) is 2. The summed E-state index contributed by atoms with van der Waals surface area (Å²) in [6.07, 6.45) is -4.47. The van der Waals surface area contributed by atoms with Crippen LogP contribution in [0.15, 0.2) is 18.2 Å². The van der Waals surface area contributed by atoms with Crippen LogP contribution in [0.5, 0.6) is 0 Å². The number of anilines is 1. The maximum Gasteiger partial charge on any atom is 0.407 e. The lowest BCUT2D eigenvalue weighted by atomic mass is 10.1. The number of hydrogen-bond acceptors (Lipinski definition) is 2. The Hall–Kier alpha value is -0.940. The van der Waals surface area contributed by atoms with Gasteiger partial charge in [0.15, 0.2) is 0 Å². The maximum atomic E-state index is 12.2. The van der Waals surface area contributed by atoms with Crippen LogP contribution < -0.4 is 11.5 Å². The molecule has 14 heavy (non-hydrogen) atoms. The van der Waals surface area contributed by atoms with Crippen molar-refractivity contribution in [2.24, 2.45) is 5.73 Å². The zero-order chi connectivity index (χ0) is 10.9. The molecule has 0 saturated carbocycles. The van der Waals surface area contributed by atoms with E-state index in [-0.39, 0.29) is 16.3 Å². The topological polar surface area (TPSA) is 52.0 Å². The van der Waals surface area contributed by atoms with Crippen molar-refractivity contribution < 1.29 is 13.2 Å². The lowest BCUT2D eigenvalue weighted by Gasteiger charge is -2.16. The van der Waals surface area contributed by atoms with E-state index in [0.29, 0.717) is 0 Å². The molecule has 0 aliphatic carbocycles. The van der Waals surface area contributed by atoms with Crippen LogP contribution in [0.3, 0.4) is 0 Å². The molecule has 0 saturated heterocycles. The van der Waals surface area contributed by atoms with Crippen molar-refractivity contribution in [1.29, 1.82) is 0 Å². The second-order valence-corrected chi connectivity index (χ2v) is 3.21. The van der Waals surface area contributed by atoms with Gasteiger partial charge in [-0.2, -0.15) is 13.2 Å². The summed E-state index contributed by atoms with van der Waals surface area (Å²) in [4.78, 5) is 0. The average Bonchev–Trinajstić information content (AvgIpc) is 2.07. The summed E-state index contributed by atoms with van der Waals surface area (Å²) in [5.41, 5.74) is 10.3. The first-order valence-electron chi connectivity index (χ1n) is 3.69. The van der Waals surface area contributed by atoms with Crippen LogP contribution in [0.1, 0.15) is 11.6 Å². The second-order valence-electron chi connectivity index (χ2n) is 2.80. The highest BCUT2D eigenvalue weighted by Crippen LogP contribution is 2.32. The Labute approximate surface area is 83.6 Å². The molecule has 0 radical (unpaired) electrons. The summed E-state index contributed by atoms with van der Waals surface area (Å²) in [5, 5.41) is 0.211. The summed E-state index contributed by atoms with van der Waals surface area (Å²) in [6, 6.07) is 1.59. The minimum absolute atomic E-state index is 0.0869. The van der Waals surface area contributed by atoms with E-state index in [1.54, 1.807) is 0 Å². The van der Waals surface area contributed by atoms with Crippen LogP contribution in [0.2, 0.25) is 5.02 Å². The highest BCUT2D eigenvalue weighted by Gasteiger charge is 2.37. The fourth-order valence-electron chi connectivity index (χ4n) is 0.945. The van der Waals surface area contributed by atoms with E-state index >= 15 is 0 Å². The maximum absolute atomic E-state index is 12.2. The van der Waals surface area contributed by atoms with E-state index in [1.807, 2.05) is 0 Å². The standard InChI is InChI=1S/C8H8ClF3N2/c9-5-2-1-4(3-6(5)13)7(14)8(10,11)12/h1-3,7H,13-14H2/t7-/m0/s1. The number of nitrogens with two attached hydrogens (primary N) is 2. The van der Waals surface area contributed by atoms with Gasteiger partial charge < -0.3 is 11.5 Å². The molecule has 78 valence electrons. The van der Waals surface area contributed by atoms with Crippen LogP contribution in [-0.4, -0.2) is 6.18 Å². The fourth-order valence-corrected chi connectivity index (χ4v) is 1.06. The Kier molecular flexibility index (Phi) is 2.92. The van der Waals surface area contributed by atoms with E-state index in [9.17, 15) is 13.2 Å². The van der Waals surface area contributed by atoms with Crippen LogP contribution in [-0.2, 0) is 0 Å². The Balaban J connectivity index is 3.03.